The molecule has 0 bridgehead atoms. The summed E-state index contributed by atoms with van der Waals surface area (Å²) in [5, 5.41) is 2.61. The molecule has 0 aromatic heterocycles. The molecule has 0 aliphatic heterocycles. The van der Waals surface area contributed by atoms with E-state index in [0.29, 0.717) is 17.1 Å². The van der Waals surface area contributed by atoms with E-state index < -0.39 is 32.7 Å². The number of sulfonamides is 1. The van der Waals surface area contributed by atoms with E-state index in [4.69, 9.17) is 10.5 Å². The number of methoxy groups -OCH3 is 1. The number of hydrogen-bond acceptors (Lipinski definition) is 5. The highest BCUT2D eigenvalue weighted by atomic mass is 32.2. The maximum absolute atomic E-state index is 13.9. The number of halogens is 1. The van der Waals surface area contributed by atoms with Crippen molar-refractivity contribution in [1.82, 2.24) is 4.72 Å². The number of rotatable bonds is 7. The van der Waals surface area contributed by atoms with Gasteiger partial charge >= 0.3 is 0 Å². The number of ether oxygens (including phenoxy) is 1. The second-order valence-electron chi connectivity index (χ2n) is 6.22. The summed E-state index contributed by atoms with van der Waals surface area (Å²) in [7, 11) is -2.75. The molecule has 4 N–H and O–H groups in total. The van der Waals surface area contributed by atoms with E-state index in [1.165, 1.54) is 25.3 Å². The van der Waals surface area contributed by atoms with E-state index in [2.05, 4.69) is 10.0 Å². The SMILES string of the molecule is COc1ccc(NC(=O)C(NS(=O)(=O)c2ccccc2F)C(C)C)cc1N. The van der Waals surface area contributed by atoms with Gasteiger partial charge in [0.2, 0.25) is 15.9 Å². The van der Waals surface area contributed by atoms with Crippen LogP contribution in [0.4, 0.5) is 15.8 Å². The van der Waals surface area contributed by atoms with Gasteiger partial charge in [-0.3, -0.25) is 4.79 Å². The van der Waals surface area contributed by atoms with Crippen molar-refractivity contribution < 1.29 is 22.3 Å². The Morgan fingerprint density at radius 3 is 2.41 bits per heavy atom. The molecular weight excluding hydrogens is 373 g/mol. The maximum Gasteiger partial charge on any atom is 0.244 e. The van der Waals surface area contributed by atoms with E-state index in [1.807, 2.05) is 0 Å². The maximum atomic E-state index is 13.9. The van der Waals surface area contributed by atoms with Crippen molar-refractivity contribution in [2.24, 2.45) is 5.92 Å². The van der Waals surface area contributed by atoms with Crippen molar-refractivity contribution in [3.05, 3.63) is 48.3 Å². The third-order valence-electron chi connectivity index (χ3n) is 3.85. The van der Waals surface area contributed by atoms with Crippen LogP contribution in [-0.4, -0.2) is 27.5 Å². The van der Waals surface area contributed by atoms with E-state index >= 15 is 0 Å². The molecule has 9 heteroatoms. The molecule has 1 unspecified atom stereocenters. The first-order valence-electron chi connectivity index (χ1n) is 8.17. The summed E-state index contributed by atoms with van der Waals surface area (Å²) in [6.45, 7) is 3.35. The monoisotopic (exact) mass is 395 g/mol. The first kappa shape index (κ1) is 20.7. The molecule has 0 saturated carbocycles. The van der Waals surface area contributed by atoms with Crippen molar-refractivity contribution in [2.45, 2.75) is 24.8 Å². The number of nitrogen functional groups attached to an aromatic ring is 1. The molecular formula is C18H22FN3O4S. The summed E-state index contributed by atoms with van der Waals surface area (Å²) in [5.74, 6) is -1.42. The highest BCUT2D eigenvalue weighted by Crippen LogP contribution is 2.25. The summed E-state index contributed by atoms with van der Waals surface area (Å²) in [4.78, 5) is 12.1. The minimum atomic E-state index is -4.22. The van der Waals surface area contributed by atoms with Crippen LogP contribution in [0.5, 0.6) is 5.75 Å². The fraction of sp³-hybridized carbons (Fsp3) is 0.278. The molecule has 27 heavy (non-hydrogen) atoms. The Morgan fingerprint density at radius 2 is 1.85 bits per heavy atom. The first-order chi connectivity index (χ1) is 12.7. The van der Waals surface area contributed by atoms with Crippen molar-refractivity contribution in [2.75, 3.05) is 18.2 Å². The Labute approximate surface area is 157 Å². The second kappa shape index (κ2) is 8.36. The van der Waals surface area contributed by atoms with Crippen LogP contribution in [0.25, 0.3) is 0 Å². The van der Waals surface area contributed by atoms with Gasteiger partial charge in [-0.25, -0.2) is 12.8 Å². The molecule has 1 amide bonds. The molecule has 2 rings (SSSR count). The highest BCUT2D eigenvalue weighted by Gasteiger charge is 2.30. The lowest BCUT2D eigenvalue weighted by atomic mass is 10.0. The van der Waals surface area contributed by atoms with Crippen LogP contribution in [-0.2, 0) is 14.8 Å². The molecule has 0 aliphatic carbocycles. The van der Waals surface area contributed by atoms with Gasteiger partial charge in [-0.2, -0.15) is 4.72 Å². The van der Waals surface area contributed by atoms with Crippen LogP contribution >= 0.6 is 0 Å². The molecule has 7 nitrogen and oxygen atoms in total. The molecule has 0 aliphatic rings. The van der Waals surface area contributed by atoms with Crippen LogP contribution in [0.1, 0.15) is 13.8 Å². The van der Waals surface area contributed by atoms with Gasteiger partial charge in [0, 0.05) is 5.69 Å². The zero-order valence-electron chi connectivity index (χ0n) is 15.2. The zero-order valence-corrected chi connectivity index (χ0v) is 16.0. The van der Waals surface area contributed by atoms with Gasteiger partial charge in [-0.05, 0) is 36.2 Å². The van der Waals surface area contributed by atoms with E-state index in [1.54, 1.807) is 26.0 Å². The first-order valence-corrected chi connectivity index (χ1v) is 9.65. The highest BCUT2D eigenvalue weighted by molar-refractivity contribution is 7.89. The standard InChI is InChI=1S/C18H22FN3O4S/c1-11(2)17(22-27(24,25)16-7-5-4-6-13(16)19)18(23)21-12-8-9-15(26-3)14(20)10-12/h4-11,17,22H,20H2,1-3H3,(H,21,23). The molecule has 2 aromatic carbocycles. The fourth-order valence-corrected chi connectivity index (χ4v) is 3.84. The molecule has 146 valence electrons. The second-order valence-corrected chi connectivity index (χ2v) is 7.90. The van der Waals surface area contributed by atoms with E-state index in [9.17, 15) is 17.6 Å². The lowest BCUT2D eigenvalue weighted by Gasteiger charge is -2.22. The molecule has 0 spiro atoms. The number of nitrogens with one attached hydrogen (secondary N) is 2. The smallest absolute Gasteiger partial charge is 0.244 e. The Morgan fingerprint density at radius 1 is 1.19 bits per heavy atom. The number of amides is 1. The lowest BCUT2D eigenvalue weighted by molar-refractivity contribution is -0.118. The van der Waals surface area contributed by atoms with Gasteiger partial charge in [0.1, 0.15) is 22.5 Å². The number of carbonyl (C=O) groups excluding carboxylic acids is 1. The number of benzene rings is 2. The van der Waals surface area contributed by atoms with Gasteiger partial charge in [-0.1, -0.05) is 26.0 Å². The minimum Gasteiger partial charge on any atom is -0.495 e. The van der Waals surface area contributed by atoms with Crippen molar-refractivity contribution in [3.8, 4) is 5.75 Å². The Kier molecular flexibility index (Phi) is 6.40. The molecule has 1 atom stereocenters. The predicted octanol–water partition coefficient (Wildman–Crippen LogP) is 2.36. The predicted molar refractivity (Wildman–Crippen MR) is 101 cm³/mol. The molecule has 2 aromatic rings. The number of carbonyl (C=O) groups is 1. The number of hydrogen-bond donors (Lipinski definition) is 3. The van der Waals surface area contributed by atoms with Crippen LogP contribution in [0.15, 0.2) is 47.4 Å². The van der Waals surface area contributed by atoms with Crippen LogP contribution in [0.3, 0.4) is 0 Å². The van der Waals surface area contributed by atoms with Gasteiger partial charge in [-0.15, -0.1) is 0 Å². The normalized spacial score (nSPS) is 12.6. The molecule has 0 radical (unpaired) electrons. The summed E-state index contributed by atoms with van der Waals surface area (Å²) >= 11 is 0. The third-order valence-corrected chi connectivity index (χ3v) is 5.33. The number of anilines is 2. The quantitative estimate of drug-likeness (QED) is 0.624. The topological polar surface area (TPSA) is 111 Å². The third kappa shape index (κ3) is 4.95. The molecule has 0 heterocycles. The summed E-state index contributed by atoms with van der Waals surface area (Å²) in [5.41, 5.74) is 6.51. The van der Waals surface area contributed by atoms with E-state index in [0.717, 1.165) is 12.1 Å². The summed E-state index contributed by atoms with van der Waals surface area (Å²) in [6.07, 6.45) is 0. The Balaban J connectivity index is 2.23. The van der Waals surface area contributed by atoms with Gasteiger partial charge in [0.05, 0.1) is 12.8 Å². The average Bonchev–Trinajstić information content (AvgIpc) is 2.60. The summed E-state index contributed by atoms with van der Waals surface area (Å²) < 4.78 is 46.2. The zero-order chi connectivity index (χ0) is 20.2. The lowest BCUT2D eigenvalue weighted by Crippen LogP contribution is -2.47. The van der Waals surface area contributed by atoms with Crippen LogP contribution < -0.4 is 20.5 Å². The van der Waals surface area contributed by atoms with Crippen molar-refractivity contribution in [3.63, 3.8) is 0 Å². The van der Waals surface area contributed by atoms with E-state index in [-0.39, 0.29) is 5.92 Å². The Bertz CT molecular complexity index is 932. The van der Waals surface area contributed by atoms with Gasteiger partial charge < -0.3 is 15.8 Å². The van der Waals surface area contributed by atoms with Crippen LogP contribution in [0.2, 0.25) is 0 Å². The van der Waals surface area contributed by atoms with Crippen molar-refractivity contribution in [1.29, 1.82) is 0 Å². The molecule has 0 fully saturated rings. The summed E-state index contributed by atoms with van der Waals surface area (Å²) in [6, 6.07) is 8.51. The van der Waals surface area contributed by atoms with Crippen LogP contribution in [0, 0.1) is 11.7 Å². The molecule has 0 saturated heterocycles. The van der Waals surface area contributed by atoms with Gasteiger partial charge in [0.25, 0.3) is 0 Å². The largest absolute Gasteiger partial charge is 0.495 e. The Hall–Kier alpha value is -2.65. The average molecular weight is 395 g/mol. The van der Waals surface area contributed by atoms with Crippen molar-refractivity contribution >= 4 is 27.3 Å². The van der Waals surface area contributed by atoms with Gasteiger partial charge in [0.15, 0.2) is 0 Å². The number of nitrogens with two attached hydrogens (primary N) is 1. The minimum absolute atomic E-state index is 0.323. The fourth-order valence-electron chi connectivity index (χ4n) is 2.42.